The number of rotatable bonds is 1. The largest absolute Gasteiger partial charge is 0.504 e. The monoisotopic (exact) mass is 201 g/mol. The molecule has 0 aliphatic heterocycles. The summed E-state index contributed by atoms with van der Waals surface area (Å²) < 4.78 is 25.9. The Kier molecular flexibility index (Phi) is 1.69. The zero-order valence-corrected chi connectivity index (χ0v) is 7.22. The van der Waals surface area contributed by atoms with E-state index >= 15 is 0 Å². The zero-order valence-electron chi connectivity index (χ0n) is 7.22. The van der Waals surface area contributed by atoms with Gasteiger partial charge in [-0.15, -0.1) is 0 Å². The van der Waals surface area contributed by atoms with Gasteiger partial charge in [0, 0.05) is 11.1 Å². The van der Waals surface area contributed by atoms with Crippen molar-refractivity contribution in [2.45, 2.75) is 18.4 Å². The molecule has 0 spiro atoms. The highest BCUT2D eigenvalue weighted by Gasteiger charge is 2.43. The van der Waals surface area contributed by atoms with E-state index in [1.807, 2.05) is 0 Å². The van der Waals surface area contributed by atoms with Crippen molar-refractivity contribution in [1.29, 1.82) is 0 Å². The van der Waals surface area contributed by atoms with Crippen LogP contribution in [0.2, 0.25) is 0 Å². The second-order valence-electron chi connectivity index (χ2n) is 3.57. The molecule has 1 fully saturated rings. The summed E-state index contributed by atoms with van der Waals surface area (Å²) in [5, 5.41) is 18.1. The van der Waals surface area contributed by atoms with Crippen LogP contribution in [0.4, 0.5) is 8.78 Å². The third kappa shape index (κ3) is 1.13. The summed E-state index contributed by atoms with van der Waals surface area (Å²) in [4.78, 5) is 0. The molecule has 5 heteroatoms. The van der Waals surface area contributed by atoms with E-state index in [9.17, 15) is 13.9 Å². The van der Waals surface area contributed by atoms with Crippen LogP contribution in [0.1, 0.15) is 18.4 Å². The summed E-state index contributed by atoms with van der Waals surface area (Å²) in [7, 11) is 0. The van der Waals surface area contributed by atoms with Crippen molar-refractivity contribution in [1.82, 2.24) is 0 Å². The number of phenols is 2. The highest BCUT2D eigenvalue weighted by molar-refractivity contribution is 5.47. The number of aromatic hydroxyl groups is 2. The molecule has 0 bridgehead atoms. The highest BCUT2D eigenvalue weighted by atomic mass is 19.1. The molecule has 0 aromatic heterocycles. The summed E-state index contributed by atoms with van der Waals surface area (Å²) in [6.45, 7) is 0. The van der Waals surface area contributed by atoms with E-state index in [0.29, 0.717) is 12.8 Å². The minimum Gasteiger partial charge on any atom is -0.504 e. The normalized spacial score (nSPS) is 18.2. The van der Waals surface area contributed by atoms with Gasteiger partial charge in [-0.3, -0.25) is 0 Å². The average molecular weight is 201 g/mol. The summed E-state index contributed by atoms with van der Waals surface area (Å²) in [6, 6.07) is 0.876. The molecule has 14 heavy (non-hydrogen) atoms. The SMILES string of the molecule is NC1(c2cc(F)c(O)c(F)c2O)CC1. The van der Waals surface area contributed by atoms with E-state index in [0.717, 1.165) is 6.07 Å². The van der Waals surface area contributed by atoms with E-state index < -0.39 is 28.7 Å². The molecule has 76 valence electrons. The molecule has 0 saturated heterocycles. The molecule has 1 saturated carbocycles. The minimum absolute atomic E-state index is 0.0188. The first kappa shape index (κ1) is 9.21. The molecule has 4 N–H and O–H groups in total. The molecule has 2 rings (SSSR count). The van der Waals surface area contributed by atoms with E-state index in [1.54, 1.807) is 0 Å². The van der Waals surface area contributed by atoms with Crippen LogP contribution in [-0.4, -0.2) is 10.2 Å². The first-order valence-electron chi connectivity index (χ1n) is 4.15. The number of phenolic OH excluding ortho intramolecular Hbond substituents is 2. The van der Waals surface area contributed by atoms with Crippen LogP contribution in [0.3, 0.4) is 0 Å². The Morgan fingerprint density at radius 3 is 2.29 bits per heavy atom. The lowest BCUT2D eigenvalue weighted by Crippen LogP contribution is -2.19. The van der Waals surface area contributed by atoms with E-state index in [1.165, 1.54) is 0 Å². The Balaban J connectivity index is 2.62. The number of benzene rings is 1. The van der Waals surface area contributed by atoms with Gasteiger partial charge in [0.2, 0.25) is 5.82 Å². The summed E-state index contributed by atoms with van der Waals surface area (Å²) >= 11 is 0. The van der Waals surface area contributed by atoms with Gasteiger partial charge in [-0.25, -0.2) is 4.39 Å². The zero-order chi connectivity index (χ0) is 10.5. The molecular formula is C9H9F2NO2. The summed E-state index contributed by atoms with van der Waals surface area (Å²) in [5.41, 5.74) is 4.87. The molecule has 1 aromatic carbocycles. The average Bonchev–Trinajstić information content (AvgIpc) is 2.87. The van der Waals surface area contributed by atoms with Crippen molar-refractivity contribution < 1.29 is 19.0 Å². The van der Waals surface area contributed by atoms with Gasteiger partial charge in [0.05, 0.1) is 0 Å². The standard InChI is InChI=1S/C9H9F2NO2/c10-5-3-4(9(12)1-2-9)7(13)6(11)8(5)14/h3,13-14H,1-2,12H2. The Hall–Kier alpha value is -1.36. The second kappa shape index (κ2) is 2.57. The van der Waals surface area contributed by atoms with Crippen molar-refractivity contribution in [3.63, 3.8) is 0 Å². The van der Waals surface area contributed by atoms with Crippen LogP contribution in [0.5, 0.6) is 11.5 Å². The first-order valence-corrected chi connectivity index (χ1v) is 4.15. The molecule has 0 radical (unpaired) electrons. The van der Waals surface area contributed by atoms with E-state index in [4.69, 9.17) is 10.8 Å². The minimum atomic E-state index is -1.35. The fraction of sp³-hybridized carbons (Fsp3) is 0.333. The van der Waals surface area contributed by atoms with Gasteiger partial charge in [0.1, 0.15) is 0 Å². The van der Waals surface area contributed by atoms with Crippen LogP contribution in [0.15, 0.2) is 6.07 Å². The smallest absolute Gasteiger partial charge is 0.209 e. The van der Waals surface area contributed by atoms with Gasteiger partial charge in [-0.1, -0.05) is 0 Å². The predicted octanol–water partition coefficient (Wildman–Crippen LogP) is 1.32. The van der Waals surface area contributed by atoms with Crippen LogP contribution in [-0.2, 0) is 5.54 Å². The third-order valence-electron chi connectivity index (χ3n) is 2.49. The molecule has 3 nitrogen and oxygen atoms in total. The van der Waals surface area contributed by atoms with Gasteiger partial charge in [-0.2, -0.15) is 4.39 Å². The molecule has 1 aliphatic carbocycles. The van der Waals surface area contributed by atoms with Crippen molar-refractivity contribution in [2.24, 2.45) is 5.73 Å². The Bertz CT molecular complexity index is 402. The third-order valence-corrected chi connectivity index (χ3v) is 2.49. The molecular weight excluding hydrogens is 192 g/mol. The molecule has 1 aromatic rings. The maximum Gasteiger partial charge on any atom is 0.209 e. The maximum absolute atomic E-state index is 13.0. The second-order valence-corrected chi connectivity index (χ2v) is 3.57. The predicted molar refractivity (Wildman–Crippen MR) is 44.8 cm³/mol. The number of halogens is 2. The van der Waals surface area contributed by atoms with Crippen molar-refractivity contribution in [2.75, 3.05) is 0 Å². The lowest BCUT2D eigenvalue weighted by molar-refractivity contribution is 0.360. The molecule has 0 amide bonds. The number of hydrogen-bond acceptors (Lipinski definition) is 3. The lowest BCUT2D eigenvalue weighted by atomic mass is 10.0. The highest BCUT2D eigenvalue weighted by Crippen LogP contribution is 2.48. The molecule has 0 unspecified atom stereocenters. The lowest BCUT2D eigenvalue weighted by Gasteiger charge is -2.12. The number of hydrogen-bond donors (Lipinski definition) is 3. The van der Waals surface area contributed by atoms with Gasteiger partial charge in [0.25, 0.3) is 0 Å². The van der Waals surface area contributed by atoms with Crippen LogP contribution >= 0.6 is 0 Å². The first-order chi connectivity index (χ1) is 6.46. The van der Waals surface area contributed by atoms with Gasteiger partial charge >= 0.3 is 0 Å². The maximum atomic E-state index is 13.0. The van der Waals surface area contributed by atoms with Gasteiger partial charge in [-0.05, 0) is 18.9 Å². The van der Waals surface area contributed by atoms with E-state index in [-0.39, 0.29) is 5.56 Å². The number of nitrogens with two attached hydrogens (primary N) is 1. The topological polar surface area (TPSA) is 66.5 Å². The van der Waals surface area contributed by atoms with Crippen molar-refractivity contribution >= 4 is 0 Å². The van der Waals surface area contributed by atoms with Crippen LogP contribution < -0.4 is 5.73 Å². The fourth-order valence-electron chi connectivity index (χ4n) is 1.38. The van der Waals surface area contributed by atoms with E-state index in [2.05, 4.69) is 0 Å². The molecule has 0 heterocycles. The van der Waals surface area contributed by atoms with Crippen LogP contribution in [0, 0.1) is 11.6 Å². The molecule has 0 atom stereocenters. The van der Waals surface area contributed by atoms with Crippen molar-refractivity contribution in [3.05, 3.63) is 23.3 Å². The van der Waals surface area contributed by atoms with Crippen LogP contribution in [0.25, 0.3) is 0 Å². The Labute approximate surface area is 78.8 Å². The Morgan fingerprint density at radius 2 is 1.79 bits per heavy atom. The summed E-state index contributed by atoms with van der Waals surface area (Å²) in [6.07, 6.45) is 1.15. The molecule has 1 aliphatic rings. The van der Waals surface area contributed by atoms with Crippen molar-refractivity contribution in [3.8, 4) is 11.5 Å². The van der Waals surface area contributed by atoms with Gasteiger partial charge in [0.15, 0.2) is 17.3 Å². The quantitative estimate of drug-likeness (QED) is 0.642. The Morgan fingerprint density at radius 1 is 1.21 bits per heavy atom. The van der Waals surface area contributed by atoms with Gasteiger partial charge < -0.3 is 15.9 Å². The summed E-state index contributed by atoms with van der Waals surface area (Å²) in [5.74, 6) is -4.39. The fourth-order valence-corrected chi connectivity index (χ4v) is 1.38.